The Morgan fingerprint density at radius 3 is 2.52 bits per heavy atom. The van der Waals surface area contributed by atoms with Crippen molar-refractivity contribution in [3.63, 3.8) is 0 Å². The second-order valence-corrected chi connectivity index (χ2v) is 6.24. The fourth-order valence-corrected chi connectivity index (χ4v) is 3.10. The molecule has 2 aliphatic heterocycles. The molecule has 0 aromatic rings. The molecule has 0 saturated carbocycles. The van der Waals surface area contributed by atoms with Crippen LogP contribution < -0.4 is 0 Å². The molecule has 0 aliphatic carbocycles. The van der Waals surface area contributed by atoms with Crippen LogP contribution in [0.5, 0.6) is 0 Å². The van der Waals surface area contributed by atoms with Gasteiger partial charge in [-0.05, 0) is 26.7 Å². The fraction of sp³-hybridized carbons (Fsp3) is 0.786. The van der Waals surface area contributed by atoms with Gasteiger partial charge in [0, 0.05) is 19.1 Å². The fourth-order valence-electron chi connectivity index (χ4n) is 3.10. The topological polar surface area (TPSA) is 87.2 Å². The van der Waals surface area contributed by atoms with Crippen LogP contribution in [0.1, 0.15) is 26.7 Å². The Labute approximate surface area is 123 Å². The summed E-state index contributed by atoms with van der Waals surface area (Å²) in [5.41, 5.74) is -0.861. The van der Waals surface area contributed by atoms with Gasteiger partial charge in [-0.15, -0.1) is 0 Å². The monoisotopic (exact) mass is 298 g/mol. The number of esters is 1. The van der Waals surface area contributed by atoms with Gasteiger partial charge >= 0.3 is 11.9 Å². The summed E-state index contributed by atoms with van der Waals surface area (Å²) in [6, 6.07) is -0.0224. The number of carboxylic acids is 1. The van der Waals surface area contributed by atoms with Crippen molar-refractivity contribution in [2.24, 2.45) is 5.92 Å². The van der Waals surface area contributed by atoms with E-state index in [4.69, 9.17) is 9.84 Å². The SMILES string of the molecule is COC(=O)C(C)(C)N1CC(=O)N2C[C@@H](C(=O)O)CC[C@@H]2C1. The van der Waals surface area contributed by atoms with Gasteiger partial charge < -0.3 is 14.7 Å². The van der Waals surface area contributed by atoms with Crippen LogP contribution in [-0.2, 0) is 19.1 Å². The van der Waals surface area contributed by atoms with E-state index in [1.165, 1.54) is 7.11 Å². The van der Waals surface area contributed by atoms with Gasteiger partial charge in [-0.3, -0.25) is 19.3 Å². The lowest BCUT2D eigenvalue weighted by molar-refractivity contribution is -0.161. The maximum atomic E-state index is 12.3. The second kappa shape index (κ2) is 5.63. The zero-order valence-electron chi connectivity index (χ0n) is 12.7. The third-order valence-electron chi connectivity index (χ3n) is 4.61. The van der Waals surface area contributed by atoms with E-state index in [-0.39, 0.29) is 31.0 Å². The molecule has 118 valence electrons. The van der Waals surface area contributed by atoms with Crippen LogP contribution in [0.15, 0.2) is 0 Å². The van der Waals surface area contributed by atoms with Crippen LogP contribution in [-0.4, -0.2) is 71.1 Å². The molecule has 0 radical (unpaired) electrons. The number of ether oxygens (including phenoxy) is 1. The Balaban J connectivity index is 2.11. The van der Waals surface area contributed by atoms with E-state index in [2.05, 4.69) is 0 Å². The number of rotatable bonds is 3. The molecule has 2 saturated heterocycles. The summed E-state index contributed by atoms with van der Waals surface area (Å²) in [4.78, 5) is 38.7. The van der Waals surface area contributed by atoms with E-state index in [1.54, 1.807) is 18.7 Å². The first-order chi connectivity index (χ1) is 9.77. The van der Waals surface area contributed by atoms with Crippen molar-refractivity contribution < 1.29 is 24.2 Å². The summed E-state index contributed by atoms with van der Waals surface area (Å²) in [5, 5.41) is 9.09. The van der Waals surface area contributed by atoms with Crippen molar-refractivity contribution in [3.8, 4) is 0 Å². The summed E-state index contributed by atoms with van der Waals surface area (Å²) in [5.74, 6) is -1.82. The van der Waals surface area contributed by atoms with E-state index in [0.717, 1.165) is 0 Å². The number of carbonyl (C=O) groups excluding carboxylic acids is 2. The highest BCUT2D eigenvalue weighted by atomic mass is 16.5. The lowest BCUT2D eigenvalue weighted by Crippen LogP contribution is -2.65. The zero-order chi connectivity index (χ0) is 15.8. The molecule has 2 fully saturated rings. The highest BCUT2D eigenvalue weighted by Crippen LogP contribution is 2.29. The van der Waals surface area contributed by atoms with E-state index >= 15 is 0 Å². The lowest BCUT2D eigenvalue weighted by atomic mass is 9.89. The Morgan fingerprint density at radius 1 is 1.29 bits per heavy atom. The average molecular weight is 298 g/mol. The number of aliphatic carboxylic acids is 1. The summed E-state index contributed by atoms with van der Waals surface area (Å²) in [6.07, 6.45) is 1.22. The molecule has 0 spiro atoms. The minimum absolute atomic E-state index is 0.0224. The lowest BCUT2D eigenvalue weighted by Gasteiger charge is -2.48. The summed E-state index contributed by atoms with van der Waals surface area (Å²) >= 11 is 0. The molecule has 0 unspecified atom stereocenters. The van der Waals surface area contributed by atoms with Gasteiger partial charge in [0.15, 0.2) is 0 Å². The third-order valence-corrected chi connectivity index (χ3v) is 4.61. The molecule has 0 aromatic carbocycles. The largest absolute Gasteiger partial charge is 0.481 e. The summed E-state index contributed by atoms with van der Waals surface area (Å²) in [6.45, 7) is 4.44. The number of hydrogen-bond donors (Lipinski definition) is 1. The molecule has 1 amide bonds. The molecular weight excluding hydrogens is 276 g/mol. The molecule has 1 N–H and O–H groups in total. The molecule has 2 aliphatic rings. The first-order valence-corrected chi connectivity index (χ1v) is 7.13. The van der Waals surface area contributed by atoms with Crippen molar-refractivity contribution in [2.45, 2.75) is 38.3 Å². The van der Waals surface area contributed by atoms with Gasteiger partial charge in [-0.1, -0.05) is 0 Å². The molecule has 7 heteroatoms. The number of fused-ring (bicyclic) bond motifs is 1. The van der Waals surface area contributed by atoms with Crippen LogP contribution in [0.25, 0.3) is 0 Å². The highest BCUT2D eigenvalue weighted by molar-refractivity contribution is 5.84. The predicted molar refractivity (Wildman–Crippen MR) is 73.5 cm³/mol. The van der Waals surface area contributed by atoms with Crippen molar-refractivity contribution in [1.29, 1.82) is 0 Å². The number of methoxy groups -OCH3 is 1. The van der Waals surface area contributed by atoms with Crippen LogP contribution in [0.2, 0.25) is 0 Å². The Kier molecular flexibility index (Phi) is 4.22. The van der Waals surface area contributed by atoms with Crippen LogP contribution >= 0.6 is 0 Å². The van der Waals surface area contributed by atoms with Crippen molar-refractivity contribution in [3.05, 3.63) is 0 Å². The van der Waals surface area contributed by atoms with Gasteiger partial charge in [0.05, 0.1) is 19.6 Å². The van der Waals surface area contributed by atoms with E-state index in [9.17, 15) is 14.4 Å². The number of carboxylic acid groups (broad SMARTS) is 1. The van der Waals surface area contributed by atoms with Gasteiger partial charge in [-0.25, -0.2) is 0 Å². The van der Waals surface area contributed by atoms with Crippen LogP contribution in [0, 0.1) is 5.92 Å². The molecule has 2 rings (SSSR count). The molecule has 2 atom stereocenters. The average Bonchev–Trinajstić information content (AvgIpc) is 2.45. The quantitative estimate of drug-likeness (QED) is 0.735. The summed E-state index contributed by atoms with van der Waals surface area (Å²) in [7, 11) is 1.33. The molecule has 2 heterocycles. The number of nitrogens with zero attached hydrogens (tertiary/aromatic N) is 2. The van der Waals surface area contributed by atoms with Crippen molar-refractivity contribution >= 4 is 17.8 Å². The predicted octanol–water partition coefficient (Wildman–Crippen LogP) is -0.0546. The molecule has 7 nitrogen and oxygen atoms in total. The van der Waals surface area contributed by atoms with Crippen LogP contribution in [0.4, 0.5) is 0 Å². The normalized spacial score (nSPS) is 27.2. The van der Waals surface area contributed by atoms with Crippen molar-refractivity contribution in [1.82, 2.24) is 9.80 Å². The molecular formula is C14H22N2O5. The van der Waals surface area contributed by atoms with Gasteiger partial charge in [0.25, 0.3) is 0 Å². The first-order valence-electron chi connectivity index (χ1n) is 7.13. The number of carbonyl (C=O) groups is 3. The molecule has 21 heavy (non-hydrogen) atoms. The van der Waals surface area contributed by atoms with Crippen molar-refractivity contribution in [2.75, 3.05) is 26.7 Å². The minimum atomic E-state index is -0.861. The highest BCUT2D eigenvalue weighted by Gasteiger charge is 2.45. The smallest absolute Gasteiger partial charge is 0.325 e. The maximum absolute atomic E-state index is 12.3. The van der Waals surface area contributed by atoms with Gasteiger partial charge in [0.1, 0.15) is 5.54 Å². The standard InChI is InChI=1S/C14H22N2O5/c1-14(2,13(20)21-3)15-7-10-5-4-9(12(18)19)6-16(10)11(17)8-15/h9-10H,4-8H2,1-3H3,(H,18,19)/t9-,10+/m0/s1. The Bertz CT molecular complexity index is 462. The number of piperidine rings is 1. The van der Waals surface area contributed by atoms with E-state index < -0.39 is 17.4 Å². The minimum Gasteiger partial charge on any atom is -0.481 e. The Hall–Kier alpha value is -1.63. The van der Waals surface area contributed by atoms with E-state index in [0.29, 0.717) is 19.4 Å². The number of hydrogen-bond acceptors (Lipinski definition) is 5. The number of piperazine rings is 1. The van der Waals surface area contributed by atoms with Crippen LogP contribution in [0.3, 0.4) is 0 Å². The number of amides is 1. The zero-order valence-corrected chi connectivity index (χ0v) is 12.7. The molecule has 0 aromatic heterocycles. The van der Waals surface area contributed by atoms with E-state index in [1.807, 2.05) is 4.90 Å². The van der Waals surface area contributed by atoms with Gasteiger partial charge in [0.2, 0.25) is 5.91 Å². The third kappa shape index (κ3) is 2.88. The Morgan fingerprint density at radius 2 is 1.95 bits per heavy atom. The second-order valence-electron chi connectivity index (χ2n) is 6.24. The van der Waals surface area contributed by atoms with Gasteiger partial charge in [-0.2, -0.15) is 0 Å². The maximum Gasteiger partial charge on any atom is 0.325 e. The molecule has 0 bridgehead atoms. The summed E-state index contributed by atoms with van der Waals surface area (Å²) < 4.78 is 4.80. The first kappa shape index (κ1) is 15.8.